The van der Waals surface area contributed by atoms with Crippen molar-refractivity contribution >= 4 is 5.96 Å². The molecule has 1 heterocycles. The molecule has 0 atom stereocenters. The van der Waals surface area contributed by atoms with E-state index in [0.29, 0.717) is 38.0 Å². The lowest BCUT2D eigenvalue weighted by Gasteiger charge is -2.12. The second-order valence-electron chi connectivity index (χ2n) is 5.90. The van der Waals surface area contributed by atoms with Crippen LogP contribution in [0.15, 0.2) is 46.0 Å². The number of guanidine groups is 1. The number of nitrogens with zero attached hydrogens (tertiary/aromatic N) is 1. The zero-order chi connectivity index (χ0) is 19.3. The van der Waals surface area contributed by atoms with Crippen molar-refractivity contribution in [2.45, 2.75) is 26.3 Å². The van der Waals surface area contributed by atoms with E-state index in [9.17, 15) is 4.39 Å². The zero-order valence-electron chi connectivity index (χ0n) is 16.0. The van der Waals surface area contributed by atoms with Gasteiger partial charge in [-0.1, -0.05) is 0 Å². The second kappa shape index (κ2) is 12.0. The van der Waals surface area contributed by atoms with Crippen LogP contribution >= 0.6 is 0 Å². The van der Waals surface area contributed by atoms with E-state index >= 15 is 0 Å². The number of furan rings is 1. The Morgan fingerprint density at radius 2 is 2.07 bits per heavy atom. The third-order valence-corrected chi connectivity index (χ3v) is 3.79. The van der Waals surface area contributed by atoms with Crippen LogP contribution in [0.5, 0.6) is 5.75 Å². The Morgan fingerprint density at radius 3 is 2.81 bits per heavy atom. The van der Waals surface area contributed by atoms with Gasteiger partial charge in [-0.25, -0.2) is 9.38 Å². The van der Waals surface area contributed by atoms with Crippen molar-refractivity contribution in [2.75, 3.05) is 33.4 Å². The third-order valence-electron chi connectivity index (χ3n) is 3.79. The standard InChI is InChI=1S/C20H28FN3O3/c1-3-26-10-5-8-22-20(23-9-7-18-6-4-11-27-18)24-15-16-12-17(21)14-19(13-16)25-2/h4,6,11-14H,3,5,7-10,15H2,1-2H3,(H2,22,23,24). The number of aliphatic imine (C=N–C) groups is 1. The molecule has 0 amide bonds. The van der Waals surface area contributed by atoms with Crippen LogP contribution in [0.2, 0.25) is 0 Å². The molecule has 0 saturated carbocycles. The molecule has 0 saturated heterocycles. The normalized spacial score (nSPS) is 11.4. The van der Waals surface area contributed by atoms with Crippen molar-refractivity contribution in [3.05, 3.63) is 53.7 Å². The van der Waals surface area contributed by atoms with Crippen molar-refractivity contribution < 1.29 is 18.3 Å². The Balaban J connectivity index is 1.91. The number of benzene rings is 1. The SMILES string of the molecule is CCOCCCNC(=NCc1cc(F)cc(OC)c1)NCCc1ccco1. The highest BCUT2D eigenvalue weighted by Gasteiger charge is 2.03. The Hall–Kier alpha value is -2.54. The molecule has 1 aromatic carbocycles. The third kappa shape index (κ3) is 8.13. The molecule has 2 rings (SSSR count). The van der Waals surface area contributed by atoms with E-state index in [0.717, 1.165) is 30.7 Å². The Bertz CT molecular complexity index is 690. The van der Waals surface area contributed by atoms with Gasteiger partial charge in [0.1, 0.15) is 17.3 Å². The molecular formula is C20H28FN3O3. The van der Waals surface area contributed by atoms with Gasteiger partial charge in [-0.15, -0.1) is 0 Å². The average molecular weight is 377 g/mol. The highest BCUT2D eigenvalue weighted by atomic mass is 19.1. The van der Waals surface area contributed by atoms with E-state index in [2.05, 4.69) is 15.6 Å². The van der Waals surface area contributed by atoms with Gasteiger partial charge in [0.2, 0.25) is 0 Å². The predicted octanol–water partition coefficient (Wildman–Crippen LogP) is 3.13. The zero-order valence-corrected chi connectivity index (χ0v) is 16.0. The van der Waals surface area contributed by atoms with Gasteiger partial charge in [-0.05, 0) is 43.2 Å². The fourth-order valence-electron chi connectivity index (χ4n) is 2.46. The van der Waals surface area contributed by atoms with Gasteiger partial charge < -0.3 is 24.5 Å². The fraction of sp³-hybridized carbons (Fsp3) is 0.450. The molecule has 0 unspecified atom stereocenters. The summed E-state index contributed by atoms with van der Waals surface area (Å²) in [6.45, 7) is 5.14. The molecule has 2 N–H and O–H groups in total. The number of methoxy groups -OCH3 is 1. The molecule has 148 valence electrons. The van der Waals surface area contributed by atoms with Gasteiger partial charge in [0.05, 0.1) is 19.9 Å². The van der Waals surface area contributed by atoms with Gasteiger partial charge in [0, 0.05) is 38.8 Å². The van der Waals surface area contributed by atoms with Crippen molar-refractivity contribution in [1.29, 1.82) is 0 Å². The monoisotopic (exact) mass is 377 g/mol. The minimum Gasteiger partial charge on any atom is -0.497 e. The maximum absolute atomic E-state index is 13.6. The van der Waals surface area contributed by atoms with Gasteiger partial charge in [0.15, 0.2) is 5.96 Å². The lowest BCUT2D eigenvalue weighted by atomic mass is 10.2. The molecule has 6 nitrogen and oxygen atoms in total. The van der Waals surface area contributed by atoms with Crippen molar-refractivity contribution in [1.82, 2.24) is 10.6 Å². The molecule has 0 aliphatic rings. The maximum atomic E-state index is 13.6. The first-order valence-electron chi connectivity index (χ1n) is 9.17. The first-order valence-corrected chi connectivity index (χ1v) is 9.17. The summed E-state index contributed by atoms with van der Waals surface area (Å²) in [5, 5.41) is 6.55. The van der Waals surface area contributed by atoms with Crippen LogP contribution < -0.4 is 15.4 Å². The number of hydrogen-bond donors (Lipinski definition) is 2. The maximum Gasteiger partial charge on any atom is 0.191 e. The topological polar surface area (TPSA) is 68.0 Å². The smallest absolute Gasteiger partial charge is 0.191 e. The molecule has 1 aromatic heterocycles. The lowest BCUT2D eigenvalue weighted by Crippen LogP contribution is -2.39. The molecule has 0 bridgehead atoms. The molecule has 0 aliphatic heterocycles. The van der Waals surface area contributed by atoms with E-state index in [1.54, 1.807) is 12.3 Å². The molecule has 0 spiro atoms. The van der Waals surface area contributed by atoms with Gasteiger partial charge >= 0.3 is 0 Å². The summed E-state index contributed by atoms with van der Waals surface area (Å²) < 4.78 is 29.4. The van der Waals surface area contributed by atoms with Crippen LogP contribution in [0.25, 0.3) is 0 Å². The quantitative estimate of drug-likeness (QED) is 0.358. The van der Waals surface area contributed by atoms with E-state index in [1.165, 1.54) is 19.2 Å². The number of hydrogen-bond acceptors (Lipinski definition) is 4. The largest absolute Gasteiger partial charge is 0.497 e. The van der Waals surface area contributed by atoms with Gasteiger partial charge in [0.25, 0.3) is 0 Å². The first kappa shape index (κ1) is 20.8. The van der Waals surface area contributed by atoms with E-state index in [4.69, 9.17) is 13.9 Å². The lowest BCUT2D eigenvalue weighted by molar-refractivity contribution is 0.145. The van der Waals surface area contributed by atoms with Crippen LogP contribution in [0.1, 0.15) is 24.7 Å². The summed E-state index contributed by atoms with van der Waals surface area (Å²) in [6, 6.07) is 8.39. The minimum atomic E-state index is -0.337. The first-order chi connectivity index (χ1) is 13.2. The Kier molecular flexibility index (Phi) is 9.20. The summed E-state index contributed by atoms with van der Waals surface area (Å²) in [5.74, 6) is 1.73. The summed E-state index contributed by atoms with van der Waals surface area (Å²) in [4.78, 5) is 4.55. The van der Waals surface area contributed by atoms with Crippen molar-refractivity contribution in [3.8, 4) is 5.75 Å². The van der Waals surface area contributed by atoms with Crippen molar-refractivity contribution in [2.24, 2.45) is 4.99 Å². The van der Waals surface area contributed by atoms with Crippen LogP contribution in [0.4, 0.5) is 4.39 Å². The molecule has 0 fully saturated rings. The average Bonchev–Trinajstić information content (AvgIpc) is 3.18. The summed E-state index contributed by atoms with van der Waals surface area (Å²) in [6.07, 6.45) is 3.29. The summed E-state index contributed by atoms with van der Waals surface area (Å²) in [5.41, 5.74) is 0.744. The van der Waals surface area contributed by atoms with E-state index in [1.807, 2.05) is 19.1 Å². The van der Waals surface area contributed by atoms with E-state index in [-0.39, 0.29) is 5.82 Å². The Morgan fingerprint density at radius 1 is 1.22 bits per heavy atom. The number of rotatable bonds is 11. The van der Waals surface area contributed by atoms with E-state index < -0.39 is 0 Å². The molecule has 7 heteroatoms. The number of nitrogens with one attached hydrogen (secondary N) is 2. The van der Waals surface area contributed by atoms with Gasteiger partial charge in [-0.3, -0.25) is 0 Å². The highest BCUT2D eigenvalue weighted by molar-refractivity contribution is 5.79. The molecule has 0 radical (unpaired) electrons. The summed E-state index contributed by atoms with van der Waals surface area (Å²) in [7, 11) is 1.52. The number of ether oxygens (including phenoxy) is 2. The van der Waals surface area contributed by atoms with Crippen LogP contribution in [-0.4, -0.2) is 39.4 Å². The van der Waals surface area contributed by atoms with Crippen LogP contribution in [0.3, 0.4) is 0 Å². The molecule has 0 aliphatic carbocycles. The number of halogens is 1. The molecular weight excluding hydrogens is 349 g/mol. The fourth-order valence-corrected chi connectivity index (χ4v) is 2.46. The van der Waals surface area contributed by atoms with Crippen LogP contribution in [-0.2, 0) is 17.7 Å². The highest BCUT2D eigenvalue weighted by Crippen LogP contribution is 2.16. The van der Waals surface area contributed by atoms with Gasteiger partial charge in [-0.2, -0.15) is 0 Å². The second-order valence-corrected chi connectivity index (χ2v) is 5.90. The van der Waals surface area contributed by atoms with Crippen LogP contribution in [0, 0.1) is 5.82 Å². The molecule has 27 heavy (non-hydrogen) atoms. The Labute approximate surface area is 159 Å². The minimum absolute atomic E-state index is 0.337. The predicted molar refractivity (Wildman–Crippen MR) is 104 cm³/mol. The van der Waals surface area contributed by atoms with Crippen molar-refractivity contribution in [3.63, 3.8) is 0 Å². The molecule has 2 aromatic rings. The summed E-state index contributed by atoms with van der Waals surface area (Å²) >= 11 is 0.